The van der Waals surface area contributed by atoms with E-state index < -0.39 is 0 Å². The lowest BCUT2D eigenvalue weighted by atomic mass is 9.67. The molecule has 0 unspecified atom stereocenters. The first-order chi connectivity index (χ1) is 17.1. The van der Waals surface area contributed by atoms with Crippen LogP contribution in [0.2, 0.25) is 0 Å². The van der Waals surface area contributed by atoms with E-state index in [0.29, 0.717) is 0 Å². The minimum atomic E-state index is -0.212. The lowest BCUT2D eigenvalue weighted by molar-refractivity contribution is 0.0263. The standard InChI is InChI=1S/2C16H25NO/c2*1-13-7-9-14(10-8-13)16(12-17(2)3)11-5-4-6-15(16)18/h2*7-10,15,18H,4-6,11-12H2,1-3H3/t2*15-,16-/m10/s1. The lowest BCUT2D eigenvalue weighted by Gasteiger charge is -2.44. The molecular formula is C32H50N2O2. The Morgan fingerprint density at radius 3 is 1.22 bits per heavy atom. The van der Waals surface area contributed by atoms with Crippen molar-refractivity contribution in [2.75, 3.05) is 41.3 Å². The van der Waals surface area contributed by atoms with Crippen molar-refractivity contribution in [1.29, 1.82) is 0 Å². The maximum absolute atomic E-state index is 10.6. The third-order valence-corrected chi connectivity index (χ3v) is 8.43. The number of rotatable bonds is 6. The maximum Gasteiger partial charge on any atom is 0.0649 e. The predicted molar refractivity (Wildman–Crippen MR) is 152 cm³/mol. The molecule has 2 aromatic rings. The van der Waals surface area contributed by atoms with Crippen LogP contribution in [-0.4, -0.2) is 73.5 Å². The Bertz CT molecular complexity index is 847. The van der Waals surface area contributed by atoms with Crippen LogP contribution in [0.5, 0.6) is 0 Å². The van der Waals surface area contributed by atoms with Gasteiger partial charge in [0, 0.05) is 23.9 Å². The fourth-order valence-corrected chi connectivity index (χ4v) is 6.57. The van der Waals surface area contributed by atoms with E-state index in [0.717, 1.165) is 51.6 Å². The zero-order valence-electron chi connectivity index (χ0n) is 23.6. The summed E-state index contributed by atoms with van der Waals surface area (Å²) < 4.78 is 0. The Kier molecular flexibility index (Phi) is 10.2. The zero-order chi connectivity index (χ0) is 26.3. The zero-order valence-corrected chi connectivity index (χ0v) is 23.6. The van der Waals surface area contributed by atoms with Gasteiger partial charge in [0.15, 0.2) is 0 Å². The van der Waals surface area contributed by atoms with Crippen LogP contribution < -0.4 is 0 Å². The molecule has 0 aromatic heterocycles. The smallest absolute Gasteiger partial charge is 0.0649 e. The molecule has 2 N–H and O–H groups in total. The average molecular weight is 495 g/mol. The molecule has 0 amide bonds. The van der Waals surface area contributed by atoms with E-state index in [4.69, 9.17) is 0 Å². The van der Waals surface area contributed by atoms with Gasteiger partial charge < -0.3 is 20.0 Å². The summed E-state index contributed by atoms with van der Waals surface area (Å²) in [5, 5.41) is 21.1. The van der Waals surface area contributed by atoms with E-state index in [1.807, 2.05) is 0 Å². The van der Waals surface area contributed by atoms with Gasteiger partial charge in [0.05, 0.1) is 12.2 Å². The molecule has 2 aliphatic carbocycles. The summed E-state index contributed by atoms with van der Waals surface area (Å²) in [5.74, 6) is 0. The minimum absolute atomic E-state index is 0.0740. The van der Waals surface area contributed by atoms with Gasteiger partial charge in [0.2, 0.25) is 0 Å². The normalized spacial score (nSPS) is 28.6. The van der Waals surface area contributed by atoms with E-state index in [1.54, 1.807) is 0 Å². The van der Waals surface area contributed by atoms with Gasteiger partial charge >= 0.3 is 0 Å². The van der Waals surface area contributed by atoms with Crippen molar-refractivity contribution in [3.63, 3.8) is 0 Å². The number of aliphatic hydroxyl groups is 2. The van der Waals surface area contributed by atoms with Gasteiger partial charge in [0.25, 0.3) is 0 Å². The topological polar surface area (TPSA) is 46.9 Å². The molecule has 4 rings (SSSR count). The number of hydrogen-bond donors (Lipinski definition) is 2. The van der Waals surface area contributed by atoms with Gasteiger partial charge in [-0.25, -0.2) is 0 Å². The molecule has 0 bridgehead atoms. The number of benzene rings is 2. The lowest BCUT2D eigenvalue weighted by Crippen LogP contribution is -2.49. The van der Waals surface area contributed by atoms with E-state index in [9.17, 15) is 10.2 Å². The number of aryl methyl sites for hydroxylation is 2. The molecule has 0 heterocycles. The summed E-state index contributed by atoms with van der Waals surface area (Å²) in [6.07, 6.45) is 8.38. The van der Waals surface area contributed by atoms with Crippen LogP contribution >= 0.6 is 0 Å². The monoisotopic (exact) mass is 494 g/mol. The summed E-state index contributed by atoms with van der Waals surface area (Å²) in [6.45, 7) is 6.08. The Labute approximate surface area is 220 Å². The quantitative estimate of drug-likeness (QED) is 0.560. The first kappa shape index (κ1) is 28.8. The van der Waals surface area contributed by atoms with Crippen molar-refractivity contribution in [3.05, 3.63) is 70.8 Å². The van der Waals surface area contributed by atoms with Crippen LogP contribution in [0.25, 0.3) is 0 Å². The van der Waals surface area contributed by atoms with Crippen molar-refractivity contribution in [2.24, 2.45) is 0 Å². The number of aliphatic hydroxyl groups excluding tert-OH is 2. The third kappa shape index (κ3) is 6.77. The van der Waals surface area contributed by atoms with Crippen LogP contribution in [0.3, 0.4) is 0 Å². The fourth-order valence-electron chi connectivity index (χ4n) is 6.57. The number of likely N-dealkylation sites (N-methyl/N-ethyl adjacent to an activating group) is 2. The van der Waals surface area contributed by atoms with Crippen molar-refractivity contribution < 1.29 is 10.2 Å². The first-order valence-electron chi connectivity index (χ1n) is 13.9. The molecule has 4 nitrogen and oxygen atoms in total. The molecule has 0 radical (unpaired) electrons. The highest BCUT2D eigenvalue weighted by Gasteiger charge is 2.42. The largest absolute Gasteiger partial charge is 0.392 e. The third-order valence-electron chi connectivity index (χ3n) is 8.43. The Morgan fingerprint density at radius 2 is 0.944 bits per heavy atom. The highest BCUT2D eigenvalue weighted by molar-refractivity contribution is 5.32. The summed E-state index contributed by atoms with van der Waals surface area (Å²) >= 11 is 0. The van der Waals surface area contributed by atoms with Gasteiger partial charge in [-0.1, -0.05) is 85.3 Å². The van der Waals surface area contributed by atoms with Crippen LogP contribution in [0.1, 0.15) is 73.6 Å². The molecule has 4 atom stereocenters. The van der Waals surface area contributed by atoms with Gasteiger partial charge in [-0.3, -0.25) is 0 Å². The Morgan fingerprint density at radius 1 is 0.611 bits per heavy atom. The van der Waals surface area contributed by atoms with Crippen LogP contribution in [0.15, 0.2) is 48.5 Å². The average Bonchev–Trinajstić information content (AvgIpc) is 2.83. The second kappa shape index (κ2) is 12.7. The molecule has 2 saturated carbocycles. The summed E-state index contributed by atoms with van der Waals surface area (Å²) in [4.78, 5) is 4.41. The maximum atomic E-state index is 10.6. The highest BCUT2D eigenvalue weighted by atomic mass is 16.3. The molecule has 0 saturated heterocycles. The van der Waals surface area contributed by atoms with Crippen molar-refractivity contribution in [3.8, 4) is 0 Å². The molecule has 2 aromatic carbocycles. The SMILES string of the molecule is Cc1ccc([C@@]2(CN(C)C)CCCC[C@@H]2O)cc1.Cc1ccc([C@]2(CN(C)C)CCCC[C@H]2O)cc1. The fraction of sp³-hybridized carbons (Fsp3) is 0.625. The first-order valence-corrected chi connectivity index (χ1v) is 13.9. The van der Waals surface area contributed by atoms with Crippen LogP contribution in [-0.2, 0) is 10.8 Å². The van der Waals surface area contributed by atoms with Crippen LogP contribution in [0, 0.1) is 13.8 Å². The molecule has 2 aliphatic rings. The Balaban J connectivity index is 0.000000201. The van der Waals surface area contributed by atoms with Gasteiger partial charge in [-0.15, -0.1) is 0 Å². The number of hydrogen-bond acceptors (Lipinski definition) is 4. The summed E-state index contributed by atoms with van der Waals surface area (Å²) in [6, 6.07) is 17.5. The highest BCUT2D eigenvalue weighted by Crippen LogP contribution is 2.41. The van der Waals surface area contributed by atoms with Crippen molar-refractivity contribution >= 4 is 0 Å². The van der Waals surface area contributed by atoms with E-state index in [-0.39, 0.29) is 23.0 Å². The van der Waals surface area contributed by atoms with Gasteiger partial charge in [0.1, 0.15) is 0 Å². The van der Waals surface area contributed by atoms with Crippen molar-refractivity contribution in [2.45, 2.75) is 88.3 Å². The minimum Gasteiger partial charge on any atom is -0.392 e. The summed E-state index contributed by atoms with van der Waals surface area (Å²) in [7, 11) is 8.38. The van der Waals surface area contributed by atoms with E-state index >= 15 is 0 Å². The van der Waals surface area contributed by atoms with E-state index in [2.05, 4.69) is 100 Å². The molecule has 4 heteroatoms. The summed E-state index contributed by atoms with van der Waals surface area (Å²) in [5.41, 5.74) is 5.02. The molecular weight excluding hydrogens is 444 g/mol. The van der Waals surface area contributed by atoms with Gasteiger partial charge in [-0.05, 0) is 78.8 Å². The molecule has 2 fully saturated rings. The second-order valence-electron chi connectivity index (χ2n) is 12.0. The van der Waals surface area contributed by atoms with Gasteiger partial charge in [-0.2, -0.15) is 0 Å². The van der Waals surface area contributed by atoms with Crippen LogP contribution in [0.4, 0.5) is 0 Å². The predicted octanol–water partition coefficient (Wildman–Crippen LogP) is 5.46. The Hall–Kier alpha value is -1.72. The molecule has 200 valence electrons. The second-order valence-corrected chi connectivity index (χ2v) is 12.0. The molecule has 0 aliphatic heterocycles. The molecule has 36 heavy (non-hydrogen) atoms. The molecule has 0 spiro atoms. The number of nitrogens with zero attached hydrogens (tertiary/aromatic N) is 2. The van der Waals surface area contributed by atoms with E-state index in [1.165, 1.54) is 35.1 Å². The van der Waals surface area contributed by atoms with Crippen molar-refractivity contribution in [1.82, 2.24) is 9.80 Å².